The van der Waals surface area contributed by atoms with E-state index in [4.69, 9.17) is 4.42 Å². The van der Waals surface area contributed by atoms with E-state index in [1.807, 2.05) is 32.8 Å². The third-order valence-corrected chi connectivity index (χ3v) is 2.40. The van der Waals surface area contributed by atoms with E-state index >= 15 is 0 Å². The molecule has 1 rings (SSSR count). The van der Waals surface area contributed by atoms with Crippen molar-refractivity contribution in [2.75, 3.05) is 20.6 Å². The number of nitrogens with one attached hydrogen (secondary N) is 1. The van der Waals surface area contributed by atoms with Crippen molar-refractivity contribution >= 4 is 5.91 Å². The van der Waals surface area contributed by atoms with Crippen LogP contribution < -0.4 is 5.32 Å². The third kappa shape index (κ3) is 3.40. The fourth-order valence-electron chi connectivity index (χ4n) is 1.07. The first-order valence-corrected chi connectivity index (χ1v) is 5.01. The fraction of sp³-hybridized carbons (Fsp3) is 0.545. The Kier molecular flexibility index (Phi) is 3.91. The SMILES string of the molecule is Cc1ccc(C(=O)NC[C@H](C)N(C)C)o1. The molecule has 0 unspecified atom stereocenters. The Morgan fingerprint density at radius 1 is 1.53 bits per heavy atom. The number of rotatable bonds is 4. The average molecular weight is 210 g/mol. The molecular weight excluding hydrogens is 192 g/mol. The lowest BCUT2D eigenvalue weighted by Crippen LogP contribution is -2.38. The maximum absolute atomic E-state index is 11.6. The van der Waals surface area contributed by atoms with Crippen LogP contribution in [0, 0.1) is 6.92 Å². The second kappa shape index (κ2) is 4.98. The maximum Gasteiger partial charge on any atom is 0.287 e. The molecule has 4 nitrogen and oxygen atoms in total. The Balaban J connectivity index is 2.43. The summed E-state index contributed by atoms with van der Waals surface area (Å²) in [6.07, 6.45) is 0. The molecule has 1 heterocycles. The van der Waals surface area contributed by atoms with Gasteiger partial charge < -0.3 is 14.6 Å². The molecule has 1 amide bonds. The van der Waals surface area contributed by atoms with E-state index in [1.54, 1.807) is 12.1 Å². The maximum atomic E-state index is 11.6. The number of carbonyl (C=O) groups excluding carboxylic acids is 1. The van der Waals surface area contributed by atoms with Crippen LogP contribution >= 0.6 is 0 Å². The Morgan fingerprint density at radius 2 is 2.20 bits per heavy atom. The number of aryl methyl sites for hydroxylation is 1. The van der Waals surface area contributed by atoms with Gasteiger partial charge >= 0.3 is 0 Å². The molecule has 0 fully saturated rings. The molecule has 0 spiro atoms. The molecule has 0 aromatic carbocycles. The van der Waals surface area contributed by atoms with Crippen LogP contribution in [0.3, 0.4) is 0 Å². The molecule has 1 atom stereocenters. The van der Waals surface area contributed by atoms with Crippen molar-refractivity contribution in [3.05, 3.63) is 23.7 Å². The molecule has 0 saturated heterocycles. The van der Waals surface area contributed by atoms with Gasteiger partial charge in [-0.15, -0.1) is 0 Å². The first kappa shape index (κ1) is 11.8. The van der Waals surface area contributed by atoms with Crippen molar-refractivity contribution in [3.8, 4) is 0 Å². The molecule has 0 aliphatic carbocycles. The predicted octanol–water partition coefficient (Wildman–Crippen LogP) is 1.27. The molecule has 0 aliphatic heterocycles. The summed E-state index contributed by atoms with van der Waals surface area (Å²) in [5.74, 6) is 0.969. The van der Waals surface area contributed by atoms with Gasteiger partial charge in [0.25, 0.3) is 5.91 Å². The summed E-state index contributed by atoms with van der Waals surface area (Å²) in [5, 5.41) is 2.82. The Hall–Kier alpha value is -1.29. The van der Waals surface area contributed by atoms with Gasteiger partial charge in [0.1, 0.15) is 5.76 Å². The van der Waals surface area contributed by atoms with Crippen LogP contribution in [0.25, 0.3) is 0 Å². The zero-order valence-corrected chi connectivity index (χ0v) is 9.70. The quantitative estimate of drug-likeness (QED) is 0.814. The van der Waals surface area contributed by atoms with Gasteiger partial charge in [0.15, 0.2) is 5.76 Å². The van der Waals surface area contributed by atoms with Gasteiger partial charge in [0.05, 0.1) is 0 Å². The lowest BCUT2D eigenvalue weighted by molar-refractivity contribution is 0.0914. The van der Waals surface area contributed by atoms with Crippen LogP contribution in [0.4, 0.5) is 0 Å². The molecule has 4 heteroatoms. The van der Waals surface area contributed by atoms with Gasteiger partial charge in [0.2, 0.25) is 0 Å². The molecule has 0 aliphatic rings. The molecule has 0 radical (unpaired) electrons. The summed E-state index contributed by atoms with van der Waals surface area (Å²) in [5.41, 5.74) is 0. The summed E-state index contributed by atoms with van der Waals surface area (Å²) in [6, 6.07) is 3.78. The molecule has 0 bridgehead atoms. The third-order valence-electron chi connectivity index (χ3n) is 2.40. The minimum absolute atomic E-state index is 0.156. The highest BCUT2D eigenvalue weighted by atomic mass is 16.3. The second-order valence-electron chi connectivity index (χ2n) is 3.93. The van der Waals surface area contributed by atoms with Crippen molar-refractivity contribution in [2.45, 2.75) is 19.9 Å². The molecule has 1 aromatic rings. The van der Waals surface area contributed by atoms with Gasteiger partial charge in [0, 0.05) is 12.6 Å². The van der Waals surface area contributed by atoms with Gasteiger partial charge in [-0.2, -0.15) is 0 Å². The molecule has 1 aromatic heterocycles. The zero-order chi connectivity index (χ0) is 11.4. The standard InChI is InChI=1S/C11H18N2O2/c1-8(13(3)4)7-12-11(14)10-6-5-9(2)15-10/h5-6,8H,7H2,1-4H3,(H,12,14)/t8-/m0/s1. The van der Waals surface area contributed by atoms with Crippen LogP contribution in [-0.4, -0.2) is 37.5 Å². The lowest BCUT2D eigenvalue weighted by atomic mass is 10.3. The van der Waals surface area contributed by atoms with Crippen LogP contribution in [0.5, 0.6) is 0 Å². The highest BCUT2D eigenvalue weighted by Crippen LogP contribution is 2.05. The van der Waals surface area contributed by atoms with Crippen LogP contribution in [-0.2, 0) is 0 Å². The summed E-state index contributed by atoms with van der Waals surface area (Å²) < 4.78 is 5.21. The summed E-state index contributed by atoms with van der Waals surface area (Å²) in [4.78, 5) is 13.6. The van der Waals surface area contributed by atoms with Gasteiger partial charge in [-0.25, -0.2) is 0 Å². The van der Waals surface area contributed by atoms with Gasteiger partial charge in [-0.1, -0.05) is 0 Å². The minimum Gasteiger partial charge on any atom is -0.456 e. The Labute approximate surface area is 90.3 Å². The van der Waals surface area contributed by atoms with Gasteiger partial charge in [-0.05, 0) is 40.1 Å². The van der Waals surface area contributed by atoms with E-state index in [1.165, 1.54) is 0 Å². The normalized spacial score (nSPS) is 12.9. The van der Waals surface area contributed by atoms with E-state index in [-0.39, 0.29) is 5.91 Å². The minimum atomic E-state index is -0.156. The second-order valence-corrected chi connectivity index (χ2v) is 3.93. The molecule has 0 saturated carbocycles. The van der Waals surface area contributed by atoms with E-state index < -0.39 is 0 Å². The highest BCUT2D eigenvalue weighted by molar-refractivity contribution is 5.91. The average Bonchev–Trinajstić information content (AvgIpc) is 2.60. The molecule has 1 N–H and O–H groups in total. The summed E-state index contributed by atoms with van der Waals surface area (Å²) in [6.45, 7) is 4.48. The smallest absolute Gasteiger partial charge is 0.287 e. The van der Waals surface area contributed by atoms with Crippen molar-refractivity contribution in [3.63, 3.8) is 0 Å². The van der Waals surface area contributed by atoms with E-state index in [2.05, 4.69) is 5.32 Å². The fourth-order valence-corrected chi connectivity index (χ4v) is 1.07. The lowest BCUT2D eigenvalue weighted by Gasteiger charge is -2.19. The van der Waals surface area contributed by atoms with Crippen LogP contribution in [0.2, 0.25) is 0 Å². The number of likely N-dealkylation sites (N-methyl/N-ethyl adjacent to an activating group) is 1. The number of hydrogen-bond donors (Lipinski definition) is 1. The first-order valence-electron chi connectivity index (χ1n) is 5.01. The number of amides is 1. The Bertz CT molecular complexity index is 331. The number of hydrogen-bond acceptors (Lipinski definition) is 3. The molecule has 15 heavy (non-hydrogen) atoms. The van der Waals surface area contributed by atoms with Crippen LogP contribution in [0.1, 0.15) is 23.2 Å². The topological polar surface area (TPSA) is 45.5 Å². The monoisotopic (exact) mass is 210 g/mol. The van der Waals surface area contributed by atoms with Crippen molar-refractivity contribution in [1.82, 2.24) is 10.2 Å². The predicted molar refractivity (Wildman–Crippen MR) is 58.9 cm³/mol. The summed E-state index contributed by atoms with van der Waals surface area (Å²) in [7, 11) is 3.96. The Morgan fingerprint density at radius 3 is 2.67 bits per heavy atom. The van der Waals surface area contributed by atoms with E-state index in [9.17, 15) is 4.79 Å². The first-order chi connectivity index (χ1) is 7.00. The summed E-state index contributed by atoms with van der Waals surface area (Å²) >= 11 is 0. The zero-order valence-electron chi connectivity index (χ0n) is 9.70. The van der Waals surface area contributed by atoms with Crippen molar-refractivity contribution in [1.29, 1.82) is 0 Å². The highest BCUT2D eigenvalue weighted by Gasteiger charge is 2.11. The van der Waals surface area contributed by atoms with Crippen molar-refractivity contribution in [2.24, 2.45) is 0 Å². The molecule has 84 valence electrons. The largest absolute Gasteiger partial charge is 0.456 e. The van der Waals surface area contributed by atoms with Crippen LogP contribution in [0.15, 0.2) is 16.5 Å². The molecular formula is C11H18N2O2. The number of furan rings is 1. The van der Waals surface area contributed by atoms with E-state index in [0.29, 0.717) is 18.3 Å². The van der Waals surface area contributed by atoms with Crippen molar-refractivity contribution < 1.29 is 9.21 Å². The number of carbonyl (C=O) groups is 1. The number of nitrogens with zero attached hydrogens (tertiary/aromatic N) is 1. The van der Waals surface area contributed by atoms with E-state index in [0.717, 1.165) is 5.76 Å². The van der Waals surface area contributed by atoms with Gasteiger partial charge in [-0.3, -0.25) is 4.79 Å².